The van der Waals surface area contributed by atoms with E-state index in [-0.39, 0.29) is 59.7 Å². The molecule has 9 aromatic heterocycles. The Labute approximate surface area is 618 Å². The molecular formula is C88H133N13O. The highest BCUT2D eigenvalue weighted by Gasteiger charge is 2.20. The van der Waals surface area contributed by atoms with Crippen LogP contribution >= 0.6 is 0 Å². The lowest BCUT2D eigenvalue weighted by Crippen LogP contribution is -2.15. The molecule has 1 aliphatic heterocycles. The fourth-order valence-electron chi connectivity index (χ4n) is 8.31. The molecule has 0 fully saturated rings. The molecule has 0 aliphatic carbocycles. The van der Waals surface area contributed by atoms with Gasteiger partial charge < -0.3 is 4.98 Å². The Bertz CT molecular complexity index is 3560. The van der Waals surface area contributed by atoms with Gasteiger partial charge in [-0.3, -0.25) is 39.8 Å². The lowest BCUT2D eigenvalue weighted by molar-refractivity contribution is 0.500. The summed E-state index contributed by atoms with van der Waals surface area (Å²) in [6.07, 6.45) is 28.9. The second kappa shape index (κ2) is 40.9. The molecule has 14 heteroatoms. The quantitative estimate of drug-likeness (QED) is 0.147. The second-order valence-electron chi connectivity index (χ2n) is 35.8. The molecule has 9 aromatic rings. The molecule has 0 amide bonds. The van der Waals surface area contributed by atoms with Crippen LogP contribution in [0.2, 0.25) is 0 Å². The normalized spacial score (nSPS) is 12.2. The number of hydrogen-bond acceptors (Lipinski definition) is 12. The largest absolute Gasteiger partial charge is 0.329 e. The van der Waals surface area contributed by atoms with Gasteiger partial charge in [-0.05, 0) is 147 Å². The molecule has 0 atom stereocenters. The molecule has 0 bridgehead atoms. The van der Waals surface area contributed by atoms with Gasteiger partial charge in [0.15, 0.2) is 0 Å². The van der Waals surface area contributed by atoms with Crippen molar-refractivity contribution in [1.82, 2.24) is 60.0 Å². The van der Waals surface area contributed by atoms with Gasteiger partial charge in [0.1, 0.15) is 12.2 Å². The summed E-state index contributed by atoms with van der Waals surface area (Å²) in [7, 11) is 0. The predicted octanol–water partition coefficient (Wildman–Crippen LogP) is 22.1. The van der Waals surface area contributed by atoms with Gasteiger partial charge in [-0.1, -0.05) is 238 Å². The number of aliphatic imine (C=N–C) groups is 1. The van der Waals surface area contributed by atoms with E-state index in [0.717, 1.165) is 46.3 Å². The van der Waals surface area contributed by atoms with Crippen LogP contribution < -0.4 is 5.56 Å². The number of allylic oxidation sites excluding steroid dienone is 2. The van der Waals surface area contributed by atoms with Crippen LogP contribution in [0.15, 0.2) is 193 Å². The fraction of sp³-hybridized carbons (Fsp3) is 0.500. The lowest BCUT2D eigenvalue weighted by Gasteiger charge is -2.18. The van der Waals surface area contributed by atoms with Crippen molar-refractivity contribution in [3.05, 3.63) is 261 Å². The highest BCUT2D eigenvalue weighted by molar-refractivity contribution is 5.65. The van der Waals surface area contributed by atoms with E-state index in [4.69, 9.17) is 0 Å². The first-order valence-electron chi connectivity index (χ1n) is 35.7. The maximum atomic E-state index is 10.9. The van der Waals surface area contributed by atoms with Crippen LogP contribution in [0.3, 0.4) is 0 Å². The van der Waals surface area contributed by atoms with Crippen molar-refractivity contribution < 1.29 is 0 Å². The Morgan fingerprint density at radius 3 is 1.11 bits per heavy atom. The average Bonchev–Trinajstić information content (AvgIpc) is 1.44. The van der Waals surface area contributed by atoms with Crippen LogP contribution in [0.1, 0.15) is 282 Å². The number of aromatic nitrogens is 12. The van der Waals surface area contributed by atoms with Crippen LogP contribution in [0.5, 0.6) is 0 Å². The minimum Gasteiger partial charge on any atom is -0.329 e. The number of nitrogens with one attached hydrogen (secondary N) is 2. The molecule has 556 valence electrons. The first kappa shape index (κ1) is 91.5. The molecule has 0 spiro atoms. The maximum Gasteiger partial charge on any atom is 0.248 e. The minimum atomic E-state index is -0.0302. The number of rotatable bonds is 0. The molecule has 0 radical (unpaired) electrons. The summed E-state index contributed by atoms with van der Waals surface area (Å²) in [5, 5.41) is 6.65. The van der Waals surface area contributed by atoms with Crippen molar-refractivity contribution >= 4 is 6.21 Å². The van der Waals surface area contributed by atoms with Gasteiger partial charge in [-0.25, -0.2) is 19.9 Å². The smallest absolute Gasteiger partial charge is 0.248 e. The van der Waals surface area contributed by atoms with Crippen LogP contribution in [0.4, 0.5) is 0 Å². The van der Waals surface area contributed by atoms with Gasteiger partial charge in [0.25, 0.3) is 0 Å². The minimum absolute atomic E-state index is 0.0302. The number of pyridine rings is 6. The molecule has 0 saturated carbocycles. The van der Waals surface area contributed by atoms with Crippen molar-refractivity contribution in [2.45, 2.75) is 284 Å². The first-order chi connectivity index (χ1) is 46.6. The summed E-state index contributed by atoms with van der Waals surface area (Å²) < 4.78 is 0. The number of H-pyrrole nitrogens is 2. The number of nitrogens with zero attached hydrogens (tertiary/aromatic N) is 11. The molecule has 14 nitrogen and oxygen atoms in total. The van der Waals surface area contributed by atoms with Crippen molar-refractivity contribution in [3.8, 4) is 0 Å². The van der Waals surface area contributed by atoms with E-state index in [9.17, 15) is 4.79 Å². The zero-order valence-corrected chi connectivity index (χ0v) is 69.4. The summed E-state index contributed by atoms with van der Waals surface area (Å²) in [6.45, 7) is 70.9. The Morgan fingerprint density at radius 1 is 0.343 bits per heavy atom. The summed E-state index contributed by atoms with van der Waals surface area (Å²) in [6, 6.07) is 30.0. The number of aromatic amines is 2. The second-order valence-corrected chi connectivity index (χ2v) is 35.8. The van der Waals surface area contributed by atoms with Crippen LogP contribution in [0, 0.1) is 26.2 Å². The van der Waals surface area contributed by atoms with E-state index in [1.165, 1.54) is 33.5 Å². The highest BCUT2D eigenvalue weighted by Crippen LogP contribution is 2.29. The van der Waals surface area contributed by atoms with E-state index >= 15 is 0 Å². The van der Waals surface area contributed by atoms with Gasteiger partial charge in [0.05, 0.1) is 6.20 Å². The predicted molar refractivity (Wildman–Crippen MR) is 434 cm³/mol. The molecule has 2 N–H and O–H groups in total. The molecular weight excluding hydrogens is 1260 g/mol. The Balaban J connectivity index is 0.000000567. The average molecular weight is 1390 g/mol. The van der Waals surface area contributed by atoms with Gasteiger partial charge in [-0.2, -0.15) is 5.10 Å². The van der Waals surface area contributed by atoms with E-state index in [0.29, 0.717) is 0 Å². The molecule has 0 saturated heterocycles. The van der Waals surface area contributed by atoms with Gasteiger partial charge >= 0.3 is 0 Å². The summed E-state index contributed by atoms with van der Waals surface area (Å²) >= 11 is 0. The van der Waals surface area contributed by atoms with Crippen LogP contribution in [-0.4, -0.2) is 66.3 Å². The molecule has 0 aromatic carbocycles. The number of aryl methyl sites for hydroxylation is 3. The third-order valence-corrected chi connectivity index (χ3v) is 15.3. The molecule has 102 heavy (non-hydrogen) atoms. The summed E-state index contributed by atoms with van der Waals surface area (Å²) in [4.78, 5) is 54.9. The third-order valence-electron chi connectivity index (χ3n) is 15.3. The van der Waals surface area contributed by atoms with Crippen molar-refractivity contribution in [2.24, 2.45) is 10.4 Å². The van der Waals surface area contributed by atoms with Crippen LogP contribution in [-0.2, 0) is 48.7 Å². The van der Waals surface area contributed by atoms with Crippen molar-refractivity contribution in [1.29, 1.82) is 0 Å². The van der Waals surface area contributed by atoms with Gasteiger partial charge in [0, 0.05) is 143 Å². The summed E-state index contributed by atoms with van der Waals surface area (Å²) in [5.74, 6) is 0.898. The topological polar surface area (TPSA) is 190 Å². The lowest BCUT2D eigenvalue weighted by atomic mass is 9.87. The first-order valence-corrected chi connectivity index (χ1v) is 35.7. The van der Waals surface area contributed by atoms with E-state index in [1.54, 1.807) is 43.4 Å². The number of hydrogen-bond donors (Lipinski definition) is 2. The van der Waals surface area contributed by atoms with E-state index in [2.05, 4.69) is 327 Å². The van der Waals surface area contributed by atoms with Gasteiger partial charge in [0.2, 0.25) is 5.56 Å². The van der Waals surface area contributed by atoms with Crippen molar-refractivity contribution in [3.63, 3.8) is 0 Å². The molecule has 0 unspecified atom stereocenters. The standard InChI is InChI=1S/3C10H15N.C9H13NO.2C9H13N.2C8H12N2.C8H13N.C7H12N2/c1-8-7-9(5-6-11-8)10(2,3)4;2*1-8-5-6-9(7-11-8)10(2,3)4;1-9(2,3)7-4-5-10-8(11)6-7;1-9(2,3)8-5-4-6-10-7-8;1-9(2,3)8-6-4-5-7-10-8;1-8(2,3)7-4-5-9-6-10-7;1-8(2,3)7-9-5-4-6-10-7;1-8(2,3)7-5-4-6-9-7;1-7(2,3)6-4-8-9-5-6/h3*5-7H,1-4H3;4-6H,1-3H3,(H,10,11);2*4-7H,1-3H3;2*4-6H,1-3H3;5-6H,4H2,1-3H3;4-5H,1-3H3,(H,8,9). The SMILES string of the molecule is CC(C)(C)C1=CCC=N1.CC(C)(C)c1cc[nH]c(=O)c1.CC(C)(C)c1ccccn1.CC(C)(C)c1cccnc1.CC(C)(C)c1ccncn1.CC(C)(C)c1cn[nH]c1.CC(C)(C)c1ncccn1.Cc1cc(C(C)(C)C)ccn1.Cc1ccc(C(C)(C)C)cn1.Cc1ccc(C(C)(C)C)cn1. The molecule has 10 rings (SSSR count). The fourth-order valence-corrected chi connectivity index (χ4v) is 8.31. The highest BCUT2D eigenvalue weighted by atomic mass is 16.1. The third kappa shape index (κ3) is 39.6. The van der Waals surface area contributed by atoms with Gasteiger partial charge in [-0.15, -0.1) is 0 Å². The Hall–Kier alpha value is -8.52. The van der Waals surface area contributed by atoms with E-state index in [1.807, 2.05) is 107 Å². The maximum absolute atomic E-state index is 10.9. The van der Waals surface area contributed by atoms with E-state index < -0.39 is 0 Å². The Kier molecular flexibility index (Phi) is 36.7. The van der Waals surface area contributed by atoms with Crippen molar-refractivity contribution in [2.75, 3.05) is 0 Å². The van der Waals surface area contributed by atoms with Crippen LogP contribution in [0.25, 0.3) is 0 Å². The Morgan fingerprint density at radius 2 is 0.833 bits per heavy atom. The zero-order valence-electron chi connectivity index (χ0n) is 69.4. The monoisotopic (exact) mass is 1390 g/mol. The zero-order chi connectivity index (χ0) is 78.2. The molecule has 1 aliphatic rings. The summed E-state index contributed by atoms with van der Waals surface area (Å²) in [5.41, 5.74) is 16.1. The molecule has 10 heterocycles.